The first-order chi connectivity index (χ1) is 6.75. The standard InChI is InChI=1S/C9H10N4O/c10-8-7(4-12-9(11)13-8)3-6-1-2-14-5-6/h1-2,4-5H,3H2,(H4,10,11,12,13). The van der Waals surface area contributed by atoms with Crippen molar-refractivity contribution in [1.82, 2.24) is 9.97 Å². The van der Waals surface area contributed by atoms with E-state index in [-0.39, 0.29) is 5.95 Å². The second kappa shape index (κ2) is 3.37. The highest BCUT2D eigenvalue weighted by Crippen LogP contribution is 2.14. The number of nitrogens with two attached hydrogens (primary N) is 2. The zero-order valence-electron chi connectivity index (χ0n) is 7.47. The molecule has 2 aromatic rings. The lowest BCUT2D eigenvalue weighted by Crippen LogP contribution is -2.03. The second-order valence-electron chi connectivity index (χ2n) is 2.95. The van der Waals surface area contributed by atoms with E-state index in [1.165, 1.54) is 0 Å². The molecule has 0 atom stereocenters. The summed E-state index contributed by atoms with van der Waals surface area (Å²) in [5.41, 5.74) is 12.9. The van der Waals surface area contributed by atoms with Crippen LogP contribution in [0.15, 0.2) is 29.2 Å². The first kappa shape index (κ1) is 8.55. The number of hydrogen-bond acceptors (Lipinski definition) is 5. The number of anilines is 2. The maximum atomic E-state index is 5.68. The van der Waals surface area contributed by atoms with Crippen LogP contribution in [0, 0.1) is 0 Å². The van der Waals surface area contributed by atoms with Gasteiger partial charge in [-0.3, -0.25) is 0 Å². The molecule has 0 bridgehead atoms. The minimum absolute atomic E-state index is 0.193. The molecular weight excluding hydrogens is 180 g/mol. The fourth-order valence-corrected chi connectivity index (χ4v) is 1.18. The number of nitrogen functional groups attached to an aromatic ring is 2. The lowest BCUT2D eigenvalue weighted by molar-refractivity contribution is 0.564. The predicted molar refractivity (Wildman–Crippen MR) is 52.4 cm³/mol. The molecular formula is C9H10N4O. The molecule has 0 unspecified atom stereocenters. The molecule has 0 saturated heterocycles. The topological polar surface area (TPSA) is 91.0 Å². The summed E-state index contributed by atoms with van der Waals surface area (Å²) < 4.78 is 4.94. The van der Waals surface area contributed by atoms with Crippen LogP contribution in [-0.2, 0) is 6.42 Å². The van der Waals surface area contributed by atoms with Gasteiger partial charge in [-0.1, -0.05) is 0 Å². The minimum Gasteiger partial charge on any atom is -0.472 e. The lowest BCUT2D eigenvalue weighted by Gasteiger charge is -2.02. The van der Waals surface area contributed by atoms with Gasteiger partial charge in [0, 0.05) is 18.2 Å². The van der Waals surface area contributed by atoms with Crippen molar-refractivity contribution in [2.45, 2.75) is 6.42 Å². The molecule has 0 fully saturated rings. The Bertz CT molecular complexity index is 424. The molecule has 4 N–H and O–H groups in total. The first-order valence-corrected chi connectivity index (χ1v) is 4.13. The molecule has 2 aromatic heterocycles. The van der Waals surface area contributed by atoms with Gasteiger partial charge in [0.25, 0.3) is 0 Å². The molecule has 0 saturated carbocycles. The first-order valence-electron chi connectivity index (χ1n) is 4.13. The number of hydrogen-bond donors (Lipinski definition) is 2. The summed E-state index contributed by atoms with van der Waals surface area (Å²) in [6.45, 7) is 0. The van der Waals surface area contributed by atoms with Gasteiger partial charge in [0.05, 0.1) is 12.5 Å². The van der Waals surface area contributed by atoms with E-state index in [9.17, 15) is 0 Å². The maximum absolute atomic E-state index is 5.68. The van der Waals surface area contributed by atoms with Crippen LogP contribution >= 0.6 is 0 Å². The highest BCUT2D eigenvalue weighted by atomic mass is 16.3. The van der Waals surface area contributed by atoms with Gasteiger partial charge < -0.3 is 15.9 Å². The van der Waals surface area contributed by atoms with Crippen molar-refractivity contribution in [3.8, 4) is 0 Å². The quantitative estimate of drug-likeness (QED) is 0.731. The van der Waals surface area contributed by atoms with Crippen molar-refractivity contribution in [3.63, 3.8) is 0 Å². The molecule has 0 amide bonds. The second-order valence-corrected chi connectivity index (χ2v) is 2.95. The van der Waals surface area contributed by atoms with E-state index in [1.807, 2.05) is 6.07 Å². The summed E-state index contributed by atoms with van der Waals surface area (Å²) in [7, 11) is 0. The van der Waals surface area contributed by atoms with Gasteiger partial charge >= 0.3 is 0 Å². The van der Waals surface area contributed by atoms with Crippen LogP contribution < -0.4 is 11.5 Å². The summed E-state index contributed by atoms with van der Waals surface area (Å²) >= 11 is 0. The number of furan rings is 1. The van der Waals surface area contributed by atoms with Crippen molar-refractivity contribution in [2.75, 3.05) is 11.5 Å². The zero-order chi connectivity index (χ0) is 9.97. The molecule has 2 heterocycles. The van der Waals surface area contributed by atoms with Gasteiger partial charge in [0.2, 0.25) is 5.95 Å². The normalized spacial score (nSPS) is 10.3. The van der Waals surface area contributed by atoms with Gasteiger partial charge in [-0.15, -0.1) is 0 Å². The Kier molecular flexibility index (Phi) is 2.06. The lowest BCUT2D eigenvalue weighted by atomic mass is 10.1. The summed E-state index contributed by atoms with van der Waals surface area (Å²) in [5, 5.41) is 0. The Labute approximate surface area is 80.8 Å². The molecule has 0 aromatic carbocycles. The molecule has 0 aliphatic carbocycles. The van der Waals surface area contributed by atoms with Crippen LogP contribution in [0.4, 0.5) is 11.8 Å². The van der Waals surface area contributed by atoms with Crippen LogP contribution in [0.2, 0.25) is 0 Å². The van der Waals surface area contributed by atoms with Crippen LogP contribution in [0.5, 0.6) is 0 Å². The van der Waals surface area contributed by atoms with Crippen LogP contribution in [0.25, 0.3) is 0 Å². The monoisotopic (exact) mass is 190 g/mol. The zero-order valence-corrected chi connectivity index (χ0v) is 7.47. The third kappa shape index (κ3) is 1.66. The Morgan fingerprint density at radius 3 is 2.86 bits per heavy atom. The van der Waals surface area contributed by atoms with Gasteiger partial charge in [-0.25, -0.2) is 4.98 Å². The molecule has 2 rings (SSSR count). The van der Waals surface area contributed by atoms with Gasteiger partial charge in [0.15, 0.2) is 0 Å². The van der Waals surface area contributed by atoms with E-state index in [2.05, 4.69) is 9.97 Å². The Morgan fingerprint density at radius 1 is 1.36 bits per heavy atom. The van der Waals surface area contributed by atoms with Crippen molar-refractivity contribution in [2.24, 2.45) is 0 Å². The van der Waals surface area contributed by atoms with Crippen molar-refractivity contribution in [1.29, 1.82) is 0 Å². The maximum Gasteiger partial charge on any atom is 0.221 e. The fourth-order valence-electron chi connectivity index (χ4n) is 1.18. The van der Waals surface area contributed by atoms with E-state index < -0.39 is 0 Å². The van der Waals surface area contributed by atoms with E-state index in [0.29, 0.717) is 12.2 Å². The van der Waals surface area contributed by atoms with Gasteiger partial charge in [-0.05, 0) is 11.6 Å². The Balaban J connectivity index is 2.25. The predicted octanol–water partition coefficient (Wildman–Crippen LogP) is 0.825. The summed E-state index contributed by atoms with van der Waals surface area (Å²) in [6.07, 6.45) is 5.56. The molecule has 5 nitrogen and oxygen atoms in total. The number of nitrogens with zero attached hydrogens (tertiary/aromatic N) is 2. The highest BCUT2D eigenvalue weighted by molar-refractivity contribution is 5.43. The average molecular weight is 190 g/mol. The minimum atomic E-state index is 0.193. The Morgan fingerprint density at radius 2 is 2.21 bits per heavy atom. The molecule has 0 aliphatic rings. The summed E-state index contributed by atoms with van der Waals surface area (Å²) in [6, 6.07) is 1.87. The van der Waals surface area contributed by atoms with Gasteiger partial charge in [0.1, 0.15) is 5.82 Å². The van der Waals surface area contributed by atoms with Crippen molar-refractivity contribution < 1.29 is 4.42 Å². The summed E-state index contributed by atoms with van der Waals surface area (Å²) in [4.78, 5) is 7.74. The average Bonchev–Trinajstić information content (AvgIpc) is 2.62. The smallest absolute Gasteiger partial charge is 0.221 e. The van der Waals surface area contributed by atoms with E-state index in [4.69, 9.17) is 15.9 Å². The number of aromatic nitrogens is 2. The van der Waals surface area contributed by atoms with E-state index >= 15 is 0 Å². The fraction of sp³-hybridized carbons (Fsp3) is 0.111. The van der Waals surface area contributed by atoms with E-state index in [1.54, 1.807) is 18.7 Å². The van der Waals surface area contributed by atoms with Crippen LogP contribution in [0.1, 0.15) is 11.1 Å². The molecule has 72 valence electrons. The van der Waals surface area contributed by atoms with Gasteiger partial charge in [-0.2, -0.15) is 4.98 Å². The van der Waals surface area contributed by atoms with Crippen LogP contribution in [0.3, 0.4) is 0 Å². The van der Waals surface area contributed by atoms with Crippen molar-refractivity contribution >= 4 is 11.8 Å². The SMILES string of the molecule is Nc1ncc(Cc2ccoc2)c(N)n1. The Hall–Kier alpha value is -2.04. The third-order valence-electron chi connectivity index (χ3n) is 1.89. The molecule has 5 heteroatoms. The van der Waals surface area contributed by atoms with E-state index in [0.717, 1.165) is 11.1 Å². The highest BCUT2D eigenvalue weighted by Gasteiger charge is 2.04. The molecule has 14 heavy (non-hydrogen) atoms. The molecule has 0 spiro atoms. The summed E-state index contributed by atoms with van der Waals surface area (Å²) in [5.74, 6) is 0.608. The molecule has 0 radical (unpaired) electrons. The largest absolute Gasteiger partial charge is 0.472 e. The molecule has 0 aliphatic heterocycles. The number of rotatable bonds is 2. The van der Waals surface area contributed by atoms with Crippen LogP contribution in [-0.4, -0.2) is 9.97 Å². The van der Waals surface area contributed by atoms with Crippen molar-refractivity contribution in [3.05, 3.63) is 35.9 Å². The third-order valence-corrected chi connectivity index (χ3v) is 1.89.